The molecule has 182 valence electrons. The zero-order valence-corrected chi connectivity index (χ0v) is 21.3. The molecule has 5 nitrogen and oxygen atoms in total. The Labute approximate surface area is 214 Å². The van der Waals surface area contributed by atoms with Gasteiger partial charge in [-0.2, -0.15) is 0 Å². The van der Waals surface area contributed by atoms with Gasteiger partial charge in [0.25, 0.3) is 0 Å². The fourth-order valence-corrected chi connectivity index (χ4v) is 4.77. The Bertz CT molecular complexity index is 1100. The lowest BCUT2D eigenvalue weighted by Gasteiger charge is -2.36. The number of hydrogen-bond donors (Lipinski definition) is 0. The fraction of sp³-hybridized carbons (Fsp3) is 0.333. The third-order valence-electron chi connectivity index (χ3n) is 6.57. The first-order chi connectivity index (χ1) is 15.8. The Balaban J connectivity index is 0.00000162. The van der Waals surface area contributed by atoms with Crippen molar-refractivity contribution in [3.05, 3.63) is 71.8 Å². The molecule has 1 fully saturated rings. The molecule has 0 aliphatic carbocycles. The van der Waals surface area contributed by atoms with Crippen molar-refractivity contribution in [3.63, 3.8) is 0 Å². The highest BCUT2D eigenvalue weighted by Gasteiger charge is 2.24. The van der Waals surface area contributed by atoms with Crippen LogP contribution in [0.2, 0.25) is 0 Å². The van der Waals surface area contributed by atoms with E-state index in [9.17, 15) is 0 Å². The SMILES string of the molecule is COc1cccc(N2CCN(CCc3ccc(OC)c4c3-c3ccccc3CO4)CC2)c1.Cl.Cl. The topological polar surface area (TPSA) is 34.2 Å². The minimum atomic E-state index is 0. The standard InChI is InChI=1S/C27H30N2O3.2ClH/c1-30-23-8-5-7-22(18-23)29-16-14-28(15-17-29)13-12-20-10-11-25(31-2)27-26(20)24-9-4-3-6-21(24)19-32-27;;/h3-11,18H,12-17,19H2,1-2H3;2*1H. The third-order valence-corrected chi connectivity index (χ3v) is 6.57. The van der Waals surface area contributed by atoms with Gasteiger partial charge in [0.05, 0.1) is 14.2 Å². The van der Waals surface area contributed by atoms with Crippen LogP contribution >= 0.6 is 24.8 Å². The van der Waals surface area contributed by atoms with Gasteiger partial charge < -0.3 is 19.1 Å². The van der Waals surface area contributed by atoms with E-state index in [0.717, 1.165) is 56.4 Å². The molecule has 3 aromatic rings. The summed E-state index contributed by atoms with van der Waals surface area (Å²) in [4.78, 5) is 5.00. The maximum absolute atomic E-state index is 6.13. The highest BCUT2D eigenvalue weighted by atomic mass is 35.5. The molecule has 5 rings (SSSR count). The summed E-state index contributed by atoms with van der Waals surface area (Å²) in [7, 11) is 3.43. The molecule has 0 bridgehead atoms. The van der Waals surface area contributed by atoms with Crippen LogP contribution in [0.5, 0.6) is 17.2 Å². The van der Waals surface area contributed by atoms with Crippen LogP contribution in [0.15, 0.2) is 60.7 Å². The van der Waals surface area contributed by atoms with Crippen LogP contribution in [0.3, 0.4) is 0 Å². The van der Waals surface area contributed by atoms with E-state index in [2.05, 4.69) is 58.3 Å². The minimum Gasteiger partial charge on any atom is -0.497 e. The molecule has 2 aliphatic rings. The van der Waals surface area contributed by atoms with E-state index in [1.54, 1.807) is 14.2 Å². The van der Waals surface area contributed by atoms with E-state index in [0.29, 0.717) is 6.61 Å². The summed E-state index contributed by atoms with van der Waals surface area (Å²) >= 11 is 0. The van der Waals surface area contributed by atoms with Crippen LogP contribution < -0.4 is 19.1 Å². The molecule has 0 radical (unpaired) electrons. The molecule has 0 amide bonds. The molecule has 0 spiro atoms. The Morgan fingerprint density at radius 2 is 1.65 bits per heavy atom. The summed E-state index contributed by atoms with van der Waals surface area (Å²) in [6.07, 6.45) is 0.989. The molecule has 34 heavy (non-hydrogen) atoms. The molecule has 2 heterocycles. The zero-order chi connectivity index (χ0) is 21.9. The lowest BCUT2D eigenvalue weighted by atomic mass is 9.91. The van der Waals surface area contributed by atoms with Crippen molar-refractivity contribution < 1.29 is 14.2 Å². The van der Waals surface area contributed by atoms with Gasteiger partial charge in [0, 0.05) is 50.0 Å². The van der Waals surface area contributed by atoms with Crippen molar-refractivity contribution in [2.45, 2.75) is 13.0 Å². The predicted octanol–water partition coefficient (Wildman–Crippen LogP) is 5.47. The lowest BCUT2D eigenvalue weighted by molar-refractivity contribution is 0.260. The zero-order valence-electron chi connectivity index (χ0n) is 19.7. The van der Waals surface area contributed by atoms with E-state index >= 15 is 0 Å². The van der Waals surface area contributed by atoms with Crippen molar-refractivity contribution in [3.8, 4) is 28.4 Å². The maximum Gasteiger partial charge on any atom is 0.169 e. The number of halogens is 2. The van der Waals surface area contributed by atoms with E-state index < -0.39 is 0 Å². The number of fused-ring (bicyclic) bond motifs is 3. The largest absolute Gasteiger partial charge is 0.497 e. The second-order valence-electron chi connectivity index (χ2n) is 8.36. The second-order valence-corrected chi connectivity index (χ2v) is 8.36. The average molecular weight is 503 g/mol. The minimum absolute atomic E-state index is 0. The van der Waals surface area contributed by atoms with Gasteiger partial charge in [-0.15, -0.1) is 24.8 Å². The molecule has 0 N–H and O–H groups in total. The first kappa shape index (κ1) is 26.0. The van der Waals surface area contributed by atoms with Crippen molar-refractivity contribution in [2.75, 3.05) is 51.8 Å². The Morgan fingerprint density at radius 1 is 0.853 bits per heavy atom. The number of hydrogen-bond acceptors (Lipinski definition) is 5. The van der Waals surface area contributed by atoms with E-state index in [1.165, 1.54) is 27.9 Å². The quantitative estimate of drug-likeness (QED) is 0.446. The Morgan fingerprint density at radius 3 is 2.41 bits per heavy atom. The first-order valence-electron chi connectivity index (χ1n) is 11.3. The highest BCUT2D eigenvalue weighted by Crippen LogP contribution is 2.45. The Hall–Kier alpha value is -2.60. The predicted molar refractivity (Wildman–Crippen MR) is 143 cm³/mol. The molecular formula is C27H32Cl2N2O3. The molecule has 0 saturated carbocycles. The van der Waals surface area contributed by atoms with Crippen molar-refractivity contribution in [2.24, 2.45) is 0 Å². The number of nitrogens with zero attached hydrogens (tertiary/aromatic N) is 2. The summed E-state index contributed by atoms with van der Waals surface area (Å²) in [5.74, 6) is 2.61. The van der Waals surface area contributed by atoms with Crippen LogP contribution in [0, 0.1) is 0 Å². The number of anilines is 1. The van der Waals surface area contributed by atoms with Crippen LogP contribution in [0.25, 0.3) is 11.1 Å². The van der Waals surface area contributed by atoms with Crippen LogP contribution in [-0.4, -0.2) is 51.8 Å². The summed E-state index contributed by atoms with van der Waals surface area (Å²) in [5.41, 5.74) is 6.26. The van der Waals surface area contributed by atoms with Gasteiger partial charge in [-0.1, -0.05) is 36.4 Å². The van der Waals surface area contributed by atoms with Gasteiger partial charge in [-0.05, 0) is 41.3 Å². The molecule has 7 heteroatoms. The molecule has 0 unspecified atom stereocenters. The number of ether oxygens (including phenoxy) is 3. The average Bonchev–Trinajstić information content (AvgIpc) is 2.87. The van der Waals surface area contributed by atoms with Crippen LogP contribution in [0.1, 0.15) is 11.1 Å². The molecule has 0 atom stereocenters. The third kappa shape index (κ3) is 5.22. The van der Waals surface area contributed by atoms with Crippen LogP contribution in [0.4, 0.5) is 5.69 Å². The number of piperazine rings is 1. The van der Waals surface area contributed by atoms with Crippen molar-refractivity contribution >= 4 is 30.5 Å². The smallest absolute Gasteiger partial charge is 0.169 e. The van der Waals surface area contributed by atoms with Crippen LogP contribution in [-0.2, 0) is 13.0 Å². The summed E-state index contributed by atoms with van der Waals surface area (Å²) in [6.45, 7) is 5.80. The van der Waals surface area contributed by atoms with E-state index in [1.807, 2.05) is 12.1 Å². The summed E-state index contributed by atoms with van der Waals surface area (Å²) < 4.78 is 17.1. The molecule has 0 aromatic heterocycles. The number of rotatable bonds is 6. The molecule has 1 saturated heterocycles. The van der Waals surface area contributed by atoms with Crippen molar-refractivity contribution in [1.82, 2.24) is 4.90 Å². The molecule has 2 aliphatic heterocycles. The van der Waals surface area contributed by atoms with Gasteiger partial charge in [-0.25, -0.2) is 0 Å². The Kier molecular flexibility index (Phi) is 8.95. The van der Waals surface area contributed by atoms with Gasteiger partial charge in [0.2, 0.25) is 0 Å². The van der Waals surface area contributed by atoms with Gasteiger partial charge in [0.1, 0.15) is 12.4 Å². The monoisotopic (exact) mass is 502 g/mol. The number of methoxy groups -OCH3 is 2. The fourth-order valence-electron chi connectivity index (χ4n) is 4.77. The lowest BCUT2D eigenvalue weighted by Crippen LogP contribution is -2.47. The number of benzene rings is 3. The summed E-state index contributed by atoms with van der Waals surface area (Å²) in [5, 5.41) is 0. The second kappa shape index (κ2) is 11.7. The molecule has 3 aromatic carbocycles. The maximum atomic E-state index is 6.13. The normalized spacial score (nSPS) is 14.6. The highest BCUT2D eigenvalue weighted by molar-refractivity contribution is 5.85. The summed E-state index contributed by atoms with van der Waals surface area (Å²) in [6, 6.07) is 21.1. The van der Waals surface area contributed by atoms with E-state index in [-0.39, 0.29) is 24.8 Å². The van der Waals surface area contributed by atoms with E-state index in [4.69, 9.17) is 14.2 Å². The van der Waals surface area contributed by atoms with Gasteiger partial charge in [0.15, 0.2) is 11.5 Å². The first-order valence-corrected chi connectivity index (χ1v) is 11.3. The van der Waals surface area contributed by atoms with Gasteiger partial charge in [-0.3, -0.25) is 4.90 Å². The van der Waals surface area contributed by atoms with Gasteiger partial charge >= 0.3 is 0 Å². The van der Waals surface area contributed by atoms with Crippen molar-refractivity contribution in [1.29, 1.82) is 0 Å². The molecular weight excluding hydrogens is 471 g/mol.